The quantitative estimate of drug-likeness (QED) is 0.177. The maximum atomic E-state index is 12.4. The Hall–Kier alpha value is -3.86. The Morgan fingerprint density at radius 3 is 2.46 bits per heavy atom. The van der Waals surface area contributed by atoms with Crippen molar-refractivity contribution < 1.29 is 9.53 Å². The number of carbonyl (C=O) groups is 1. The molecule has 0 amide bonds. The number of nitrogens with one attached hydrogen (secondary N) is 1. The third-order valence-electron chi connectivity index (χ3n) is 5.50. The summed E-state index contributed by atoms with van der Waals surface area (Å²) >= 11 is 0. The van der Waals surface area contributed by atoms with E-state index in [1.165, 1.54) is 6.08 Å². The van der Waals surface area contributed by atoms with Crippen LogP contribution in [0.15, 0.2) is 85.1 Å². The lowest BCUT2D eigenvalue weighted by Crippen LogP contribution is -2.36. The monoisotopic (exact) mass is 467 g/mol. The fourth-order valence-corrected chi connectivity index (χ4v) is 4.59. The number of esters is 1. The van der Waals surface area contributed by atoms with E-state index in [2.05, 4.69) is 44.3 Å². The van der Waals surface area contributed by atoms with Gasteiger partial charge in [0.1, 0.15) is 22.9 Å². The molecule has 0 aliphatic rings. The average Bonchev–Trinajstić information content (AvgIpc) is 3.15. The van der Waals surface area contributed by atoms with E-state index < -0.39 is 5.97 Å². The number of benzene rings is 2. The third kappa shape index (κ3) is 6.38. The molecular weight excluding hydrogens is 434 g/mol. The summed E-state index contributed by atoms with van der Waals surface area (Å²) < 4.78 is 7.67. The molecule has 0 bridgehead atoms. The van der Waals surface area contributed by atoms with E-state index in [1.807, 2.05) is 72.9 Å². The zero-order chi connectivity index (χ0) is 25.1. The van der Waals surface area contributed by atoms with Gasteiger partial charge in [-0.15, -0.1) is 0 Å². The molecule has 0 aliphatic carbocycles. The molecule has 0 atom stereocenters. The Kier molecular flexibility index (Phi) is 6.79. The SMILES string of the molecule is CC(C)(C)CC(C)(C)Nc1c(-c2cccc(OC(=O)/C=C/c3ccccc3)c2)nc2ccccn12. The van der Waals surface area contributed by atoms with Crippen LogP contribution in [-0.4, -0.2) is 20.9 Å². The molecule has 2 heterocycles. The summed E-state index contributed by atoms with van der Waals surface area (Å²) in [4.78, 5) is 17.3. The molecule has 0 aliphatic heterocycles. The number of ether oxygens (including phenoxy) is 1. The predicted molar refractivity (Wildman–Crippen MR) is 144 cm³/mol. The van der Waals surface area contributed by atoms with Gasteiger partial charge in [0.25, 0.3) is 0 Å². The van der Waals surface area contributed by atoms with E-state index >= 15 is 0 Å². The van der Waals surface area contributed by atoms with Crippen LogP contribution < -0.4 is 10.1 Å². The van der Waals surface area contributed by atoms with Crippen LogP contribution in [0.3, 0.4) is 0 Å². The lowest BCUT2D eigenvalue weighted by atomic mass is 9.82. The minimum Gasteiger partial charge on any atom is -0.423 e. The minimum absolute atomic E-state index is 0.162. The summed E-state index contributed by atoms with van der Waals surface area (Å²) in [7, 11) is 0. The summed E-state index contributed by atoms with van der Waals surface area (Å²) in [6.45, 7) is 11.2. The van der Waals surface area contributed by atoms with Gasteiger partial charge in [0.2, 0.25) is 0 Å². The highest BCUT2D eigenvalue weighted by Gasteiger charge is 2.28. The van der Waals surface area contributed by atoms with Crippen LogP contribution in [0.2, 0.25) is 0 Å². The van der Waals surface area contributed by atoms with Crippen LogP contribution in [-0.2, 0) is 4.79 Å². The highest BCUT2D eigenvalue weighted by atomic mass is 16.5. The van der Waals surface area contributed by atoms with E-state index in [9.17, 15) is 4.79 Å². The van der Waals surface area contributed by atoms with Gasteiger partial charge < -0.3 is 10.1 Å². The Bertz CT molecular complexity index is 1350. The first-order valence-corrected chi connectivity index (χ1v) is 11.9. The van der Waals surface area contributed by atoms with Gasteiger partial charge >= 0.3 is 5.97 Å². The van der Waals surface area contributed by atoms with Gasteiger partial charge in [-0.1, -0.05) is 69.3 Å². The molecule has 5 heteroatoms. The van der Waals surface area contributed by atoms with Gasteiger partial charge in [0, 0.05) is 23.4 Å². The van der Waals surface area contributed by atoms with Crippen LogP contribution >= 0.6 is 0 Å². The van der Waals surface area contributed by atoms with Crippen molar-refractivity contribution >= 4 is 23.5 Å². The molecule has 1 N–H and O–H groups in total. The first kappa shape index (κ1) is 24.3. The molecule has 0 saturated heterocycles. The molecule has 4 aromatic rings. The summed E-state index contributed by atoms with van der Waals surface area (Å²) in [5.41, 5.74) is 3.49. The van der Waals surface area contributed by atoms with Gasteiger partial charge in [-0.2, -0.15) is 0 Å². The van der Waals surface area contributed by atoms with Gasteiger partial charge in [-0.05, 0) is 61.6 Å². The molecule has 4 rings (SSSR count). The maximum Gasteiger partial charge on any atom is 0.336 e. The second kappa shape index (κ2) is 9.79. The summed E-state index contributed by atoms with van der Waals surface area (Å²) in [6.07, 6.45) is 6.17. The summed E-state index contributed by atoms with van der Waals surface area (Å²) in [5, 5.41) is 3.75. The lowest BCUT2D eigenvalue weighted by molar-refractivity contribution is -0.128. The van der Waals surface area contributed by atoms with Crippen molar-refractivity contribution in [2.24, 2.45) is 5.41 Å². The maximum absolute atomic E-state index is 12.4. The van der Waals surface area contributed by atoms with E-state index in [-0.39, 0.29) is 11.0 Å². The van der Waals surface area contributed by atoms with Crippen molar-refractivity contribution in [1.29, 1.82) is 0 Å². The number of pyridine rings is 1. The highest BCUT2D eigenvalue weighted by Crippen LogP contribution is 2.35. The number of nitrogens with zero attached hydrogens (tertiary/aromatic N) is 2. The van der Waals surface area contributed by atoms with E-state index in [0.717, 1.165) is 34.7 Å². The van der Waals surface area contributed by atoms with Gasteiger partial charge in [-0.3, -0.25) is 4.40 Å². The van der Waals surface area contributed by atoms with E-state index in [4.69, 9.17) is 9.72 Å². The minimum atomic E-state index is -0.425. The smallest absolute Gasteiger partial charge is 0.336 e. The summed E-state index contributed by atoms with van der Waals surface area (Å²) in [6, 6.07) is 23.1. The number of fused-ring (bicyclic) bond motifs is 1. The van der Waals surface area contributed by atoms with E-state index in [0.29, 0.717) is 5.75 Å². The number of rotatable bonds is 7. The first-order chi connectivity index (χ1) is 16.6. The Labute approximate surface area is 207 Å². The molecule has 0 spiro atoms. The summed E-state index contributed by atoms with van der Waals surface area (Å²) in [5.74, 6) is 0.968. The van der Waals surface area contributed by atoms with Crippen LogP contribution in [0, 0.1) is 5.41 Å². The number of anilines is 1. The largest absolute Gasteiger partial charge is 0.423 e. The van der Waals surface area contributed by atoms with Crippen molar-refractivity contribution in [2.75, 3.05) is 5.32 Å². The second-order valence-corrected chi connectivity index (χ2v) is 10.7. The number of imidazole rings is 1. The molecule has 2 aromatic carbocycles. The normalized spacial score (nSPS) is 12.3. The van der Waals surface area contributed by atoms with Gasteiger partial charge in [0.05, 0.1) is 0 Å². The molecular formula is C30H33N3O2. The molecule has 5 nitrogen and oxygen atoms in total. The molecule has 0 fully saturated rings. The van der Waals surface area contributed by atoms with Crippen LogP contribution in [0.1, 0.15) is 46.6 Å². The fraction of sp³-hybridized carbons (Fsp3) is 0.267. The Balaban J connectivity index is 1.63. The van der Waals surface area contributed by atoms with Crippen LogP contribution in [0.4, 0.5) is 5.82 Å². The average molecular weight is 468 g/mol. The standard InChI is InChI=1S/C30H33N3O2/c1-29(2,3)21-30(4,5)32-28-27(31-25-16-9-10-19-33(25)28)23-14-11-15-24(20-23)35-26(34)18-17-22-12-7-6-8-13-22/h6-20,32H,21H2,1-5H3/b18-17+. The fourth-order valence-electron chi connectivity index (χ4n) is 4.59. The predicted octanol–water partition coefficient (Wildman–Crippen LogP) is 7.25. The van der Waals surface area contributed by atoms with Crippen molar-refractivity contribution in [3.63, 3.8) is 0 Å². The molecule has 0 saturated carbocycles. The van der Waals surface area contributed by atoms with Crippen molar-refractivity contribution in [1.82, 2.24) is 9.38 Å². The number of hydrogen-bond donors (Lipinski definition) is 1. The first-order valence-electron chi connectivity index (χ1n) is 11.9. The molecule has 2 aromatic heterocycles. The number of carbonyl (C=O) groups excluding carboxylic acids is 1. The third-order valence-corrected chi connectivity index (χ3v) is 5.50. The van der Waals surface area contributed by atoms with Crippen molar-refractivity contribution in [3.8, 4) is 17.0 Å². The Morgan fingerprint density at radius 2 is 1.71 bits per heavy atom. The second-order valence-electron chi connectivity index (χ2n) is 10.7. The number of hydrogen-bond acceptors (Lipinski definition) is 4. The molecule has 0 radical (unpaired) electrons. The molecule has 180 valence electrons. The lowest BCUT2D eigenvalue weighted by Gasteiger charge is -2.34. The molecule has 0 unspecified atom stereocenters. The van der Waals surface area contributed by atoms with Crippen molar-refractivity contribution in [3.05, 3.63) is 90.6 Å². The zero-order valence-corrected chi connectivity index (χ0v) is 21.1. The Morgan fingerprint density at radius 1 is 0.971 bits per heavy atom. The van der Waals surface area contributed by atoms with Gasteiger partial charge in [0.15, 0.2) is 0 Å². The number of aromatic nitrogens is 2. The van der Waals surface area contributed by atoms with Crippen LogP contribution in [0.5, 0.6) is 5.75 Å². The van der Waals surface area contributed by atoms with E-state index in [1.54, 1.807) is 12.1 Å². The van der Waals surface area contributed by atoms with Crippen molar-refractivity contribution in [2.45, 2.75) is 46.6 Å². The topological polar surface area (TPSA) is 55.6 Å². The van der Waals surface area contributed by atoms with Crippen LogP contribution in [0.25, 0.3) is 23.0 Å². The highest BCUT2D eigenvalue weighted by molar-refractivity contribution is 5.89. The van der Waals surface area contributed by atoms with Gasteiger partial charge in [-0.25, -0.2) is 9.78 Å². The zero-order valence-electron chi connectivity index (χ0n) is 21.1. The molecule has 35 heavy (non-hydrogen) atoms.